The molecule has 0 atom stereocenters. The van der Waals surface area contributed by atoms with E-state index in [9.17, 15) is 4.79 Å². The van der Waals surface area contributed by atoms with Gasteiger partial charge in [-0.2, -0.15) is 0 Å². The van der Waals surface area contributed by atoms with Crippen molar-refractivity contribution in [1.82, 2.24) is 4.90 Å². The highest BCUT2D eigenvalue weighted by molar-refractivity contribution is 6.30. The van der Waals surface area contributed by atoms with Crippen LogP contribution >= 0.6 is 11.6 Å². The van der Waals surface area contributed by atoms with Gasteiger partial charge in [0.25, 0.3) is 0 Å². The fraction of sp³-hybridized carbons (Fsp3) is 0.562. The number of ketones is 1. The van der Waals surface area contributed by atoms with Crippen molar-refractivity contribution in [3.8, 4) is 0 Å². The van der Waals surface area contributed by atoms with Gasteiger partial charge >= 0.3 is 0 Å². The maximum atomic E-state index is 12.9. The van der Waals surface area contributed by atoms with Crippen LogP contribution in [0.1, 0.15) is 50.9 Å². The van der Waals surface area contributed by atoms with Crippen molar-refractivity contribution in [3.63, 3.8) is 0 Å². The number of benzene rings is 1. The first-order chi connectivity index (χ1) is 9.05. The summed E-state index contributed by atoms with van der Waals surface area (Å²) in [4.78, 5) is 15.2. The quantitative estimate of drug-likeness (QED) is 0.690. The number of carbonyl (C=O) groups is 1. The predicted molar refractivity (Wildman–Crippen MR) is 82.0 cm³/mol. The lowest BCUT2D eigenvalue weighted by atomic mass is 9.82. The van der Waals surface area contributed by atoms with Crippen LogP contribution in [0.2, 0.25) is 5.02 Å². The highest BCUT2D eigenvalue weighted by Gasteiger charge is 2.39. The zero-order valence-corrected chi connectivity index (χ0v) is 13.1. The normalized spacial score (nSPS) is 11.9. The van der Waals surface area contributed by atoms with E-state index >= 15 is 0 Å². The van der Waals surface area contributed by atoms with E-state index in [2.05, 4.69) is 32.6 Å². The summed E-state index contributed by atoms with van der Waals surface area (Å²) in [5.41, 5.74) is 0.358. The smallest absolute Gasteiger partial charge is 0.183 e. The molecule has 0 heterocycles. The molecule has 0 fully saturated rings. The number of carbonyl (C=O) groups excluding carboxylic acids is 1. The van der Waals surface area contributed by atoms with Crippen LogP contribution in [-0.2, 0) is 0 Å². The average molecular weight is 282 g/mol. The van der Waals surface area contributed by atoms with Crippen molar-refractivity contribution in [2.45, 2.75) is 46.1 Å². The van der Waals surface area contributed by atoms with Gasteiger partial charge in [0, 0.05) is 10.6 Å². The summed E-state index contributed by atoms with van der Waals surface area (Å²) in [5.74, 6) is 0.206. The fourth-order valence-electron chi connectivity index (χ4n) is 2.86. The number of Topliss-reactive ketones (excluding diaryl/α,β-unsaturated/α-hetero) is 1. The van der Waals surface area contributed by atoms with Crippen molar-refractivity contribution < 1.29 is 4.79 Å². The molecule has 106 valence electrons. The molecule has 0 aliphatic heterocycles. The number of likely N-dealkylation sites (N-methyl/N-ethyl adjacent to an activating group) is 1. The summed E-state index contributed by atoms with van der Waals surface area (Å²) in [6, 6.07) is 7.22. The standard InChI is InChI=1S/C16H24ClNO/c1-5-16(6-2,18(7-3)8-4)15(19)13-9-11-14(17)12-10-13/h9-12H,5-8H2,1-4H3. The van der Waals surface area contributed by atoms with Crippen LogP contribution in [0.4, 0.5) is 0 Å². The van der Waals surface area contributed by atoms with Gasteiger partial charge in [0.1, 0.15) is 0 Å². The highest BCUT2D eigenvalue weighted by atomic mass is 35.5. The number of halogens is 1. The Morgan fingerprint density at radius 3 is 1.89 bits per heavy atom. The van der Waals surface area contributed by atoms with Gasteiger partial charge in [0.05, 0.1) is 5.54 Å². The molecule has 1 rings (SSSR count). The second-order valence-electron chi connectivity index (χ2n) is 4.75. The Bertz CT molecular complexity index is 405. The Kier molecular flexibility index (Phi) is 6.02. The van der Waals surface area contributed by atoms with Crippen molar-refractivity contribution >= 4 is 17.4 Å². The molecule has 0 aliphatic rings. The Balaban J connectivity index is 3.18. The lowest BCUT2D eigenvalue weighted by Crippen LogP contribution is -2.53. The summed E-state index contributed by atoms with van der Waals surface area (Å²) in [5, 5.41) is 0.665. The molecule has 2 nitrogen and oxygen atoms in total. The molecule has 1 aromatic carbocycles. The lowest BCUT2D eigenvalue weighted by Gasteiger charge is -2.41. The minimum Gasteiger partial charge on any atom is -0.292 e. The van der Waals surface area contributed by atoms with Crippen molar-refractivity contribution in [1.29, 1.82) is 0 Å². The predicted octanol–water partition coefficient (Wildman–Crippen LogP) is 4.42. The molecule has 0 aromatic heterocycles. The maximum absolute atomic E-state index is 12.9. The van der Waals surface area contributed by atoms with Crippen LogP contribution in [0.15, 0.2) is 24.3 Å². The molecule has 0 saturated heterocycles. The molecule has 0 amide bonds. The van der Waals surface area contributed by atoms with Crippen molar-refractivity contribution in [3.05, 3.63) is 34.9 Å². The third-order valence-electron chi connectivity index (χ3n) is 4.07. The van der Waals surface area contributed by atoms with Crippen LogP contribution in [0, 0.1) is 0 Å². The van der Waals surface area contributed by atoms with E-state index in [-0.39, 0.29) is 5.78 Å². The van der Waals surface area contributed by atoms with E-state index in [1.807, 2.05) is 12.1 Å². The number of nitrogens with zero attached hydrogens (tertiary/aromatic N) is 1. The van der Waals surface area contributed by atoms with E-state index in [1.165, 1.54) is 0 Å². The molecule has 0 unspecified atom stereocenters. The lowest BCUT2D eigenvalue weighted by molar-refractivity contribution is 0.0535. The third-order valence-corrected chi connectivity index (χ3v) is 4.32. The number of hydrogen-bond donors (Lipinski definition) is 0. The van der Waals surface area contributed by atoms with Gasteiger partial charge in [-0.1, -0.05) is 39.3 Å². The Hall–Kier alpha value is -0.860. The molecule has 0 N–H and O–H groups in total. The van der Waals surface area contributed by atoms with E-state index in [4.69, 9.17) is 11.6 Å². The molecule has 0 saturated carbocycles. The summed E-state index contributed by atoms with van der Waals surface area (Å²) in [7, 11) is 0. The third kappa shape index (κ3) is 3.18. The van der Waals surface area contributed by atoms with Gasteiger partial charge in [-0.3, -0.25) is 9.69 Å². The second-order valence-corrected chi connectivity index (χ2v) is 5.18. The zero-order chi connectivity index (χ0) is 14.5. The largest absolute Gasteiger partial charge is 0.292 e. The van der Waals surface area contributed by atoms with Crippen LogP contribution in [0.5, 0.6) is 0 Å². The highest BCUT2D eigenvalue weighted by Crippen LogP contribution is 2.29. The SMILES string of the molecule is CCN(CC)C(CC)(CC)C(=O)c1ccc(Cl)cc1. The fourth-order valence-corrected chi connectivity index (χ4v) is 2.99. The van der Waals surface area contributed by atoms with Crippen molar-refractivity contribution in [2.75, 3.05) is 13.1 Å². The van der Waals surface area contributed by atoms with E-state index in [0.29, 0.717) is 5.02 Å². The molecule has 0 aliphatic carbocycles. The molecular formula is C16H24ClNO. The van der Waals surface area contributed by atoms with Gasteiger partial charge < -0.3 is 0 Å². The first-order valence-electron chi connectivity index (χ1n) is 7.11. The van der Waals surface area contributed by atoms with E-state index < -0.39 is 5.54 Å². The summed E-state index contributed by atoms with van der Waals surface area (Å²) in [6.45, 7) is 10.2. The van der Waals surface area contributed by atoms with E-state index in [0.717, 1.165) is 31.5 Å². The minimum absolute atomic E-state index is 0.206. The van der Waals surface area contributed by atoms with Gasteiger partial charge in [0.2, 0.25) is 0 Å². The Morgan fingerprint density at radius 1 is 1.05 bits per heavy atom. The monoisotopic (exact) mass is 281 g/mol. The first kappa shape index (κ1) is 16.2. The minimum atomic E-state index is -0.392. The van der Waals surface area contributed by atoms with Crippen LogP contribution < -0.4 is 0 Å². The van der Waals surface area contributed by atoms with Crippen LogP contribution in [0.25, 0.3) is 0 Å². The summed E-state index contributed by atoms with van der Waals surface area (Å²) >= 11 is 5.89. The van der Waals surface area contributed by atoms with Crippen LogP contribution in [-0.4, -0.2) is 29.3 Å². The topological polar surface area (TPSA) is 20.3 Å². The molecule has 1 aromatic rings. The molecule has 19 heavy (non-hydrogen) atoms. The van der Waals surface area contributed by atoms with E-state index in [1.54, 1.807) is 12.1 Å². The molecule has 0 bridgehead atoms. The molecular weight excluding hydrogens is 258 g/mol. The van der Waals surface area contributed by atoms with Gasteiger partial charge in [-0.05, 0) is 50.2 Å². The maximum Gasteiger partial charge on any atom is 0.183 e. The summed E-state index contributed by atoms with van der Waals surface area (Å²) < 4.78 is 0. The van der Waals surface area contributed by atoms with Crippen LogP contribution in [0.3, 0.4) is 0 Å². The number of hydrogen-bond acceptors (Lipinski definition) is 2. The molecule has 0 spiro atoms. The van der Waals surface area contributed by atoms with Gasteiger partial charge in [-0.15, -0.1) is 0 Å². The van der Waals surface area contributed by atoms with Gasteiger partial charge in [0.15, 0.2) is 5.78 Å². The zero-order valence-electron chi connectivity index (χ0n) is 12.4. The Labute approximate surface area is 121 Å². The Morgan fingerprint density at radius 2 is 1.53 bits per heavy atom. The van der Waals surface area contributed by atoms with Crippen molar-refractivity contribution in [2.24, 2.45) is 0 Å². The first-order valence-corrected chi connectivity index (χ1v) is 7.48. The molecule has 3 heteroatoms. The average Bonchev–Trinajstić information content (AvgIpc) is 2.45. The van der Waals surface area contributed by atoms with Gasteiger partial charge in [-0.25, -0.2) is 0 Å². The summed E-state index contributed by atoms with van der Waals surface area (Å²) in [6.07, 6.45) is 1.65. The number of rotatable bonds is 7. The molecule has 0 radical (unpaired) electrons. The second kappa shape index (κ2) is 7.06.